The quantitative estimate of drug-likeness (QED) is 0.255. The first-order valence-corrected chi connectivity index (χ1v) is 9.20. The van der Waals surface area contributed by atoms with E-state index in [0.717, 1.165) is 0 Å². The van der Waals surface area contributed by atoms with E-state index in [0.29, 0.717) is 60.6 Å². The van der Waals surface area contributed by atoms with Crippen LogP contribution in [0.5, 0.6) is 0 Å². The number of benzene rings is 3. The van der Waals surface area contributed by atoms with Crippen LogP contribution in [0.3, 0.4) is 0 Å². The van der Waals surface area contributed by atoms with E-state index in [2.05, 4.69) is 20.5 Å². The number of anilines is 4. The summed E-state index contributed by atoms with van der Waals surface area (Å²) in [4.78, 5) is 0. The Morgan fingerprint density at radius 2 is 0.966 bits per heavy atom. The summed E-state index contributed by atoms with van der Waals surface area (Å²) < 4.78 is 0. The van der Waals surface area contributed by atoms with Gasteiger partial charge in [0.1, 0.15) is 17.1 Å². The molecule has 0 aliphatic carbocycles. The number of halogens is 3. The van der Waals surface area contributed by atoms with Crippen molar-refractivity contribution in [1.29, 1.82) is 0 Å². The van der Waals surface area contributed by atoms with E-state index in [4.69, 9.17) is 57.7 Å². The van der Waals surface area contributed by atoms with Crippen LogP contribution in [-0.4, -0.2) is 0 Å². The zero-order valence-corrected chi connectivity index (χ0v) is 17.0. The third kappa shape index (κ3) is 4.86. The highest BCUT2D eigenvalue weighted by atomic mass is 35.5. The van der Waals surface area contributed by atoms with E-state index in [9.17, 15) is 0 Å². The molecule has 0 saturated carbocycles. The van der Waals surface area contributed by atoms with Crippen LogP contribution in [0.15, 0.2) is 62.9 Å². The van der Waals surface area contributed by atoms with Crippen molar-refractivity contribution in [2.75, 3.05) is 22.9 Å². The Balaban J connectivity index is 1.89. The molecule has 3 aromatic rings. The highest BCUT2D eigenvalue weighted by molar-refractivity contribution is 6.34. The number of hydrogen-bond donors (Lipinski definition) is 4. The molecular formula is C18H15Cl3N8. The fourth-order valence-electron chi connectivity index (χ4n) is 2.23. The molecule has 11 heteroatoms. The van der Waals surface area contributed by atoms with Gasteiger partial charge in [-0.25, -0.2) is 0 Å². The van der Waals surface area contributed by atoms with E-state index in [1.807, 2.05) is 0 Å². The van der Waals surface area contributed by atoms with Gasteiger partial charge in [-0.05, 0) is 42.5 Å². The highest BCUT2D eigenvalue weighted by Crippen LogP contribution is 2.36. The summed E-state index contributed by atoms with van der Waals surface area (Å²) in [5, 5.41) is 17.4. The smallest absolute Gasteiger partial charge is 0.110 e. The maximum absolute atomic E-state index is 6.18. The van der Waals surface area contributed by atoms with E-state index in [1.165, 1.54) is 24.3 Å². The second kappa shape index (κ2) is 8.52. The standard InChI is InChI=1S/C18H15Cl3N8/c19-9-2-1-8(26-28-17-4-10(20)12(22)6-14(17)24)3-16(9)27-29-18-5-11(21)13(23)7-15(18)25/h1-7H,22-25H2. The molecule has 0 atom stereocenters. The number of azo groups is 2. The van der Waals surface area contributed by atoms with Gasteiger partial charge in [-0.15, -0.1) is 15.3 Å². The first-order valence-electron chi connectivity index (χ1n) is 8.06. The lowest BCUT2D eigenvalue weighted by atomic mass is 10.2. The molecule has 0 fully saturated rings. The van der Waals surface area contributed by atoms with Gasteiger partial charge in [0.15, 0.2) is 0 Å². The van der Waals surface area contributed by atoms with E-state index >= 15 is 0 Å². The first-order chi connectivity index (χ1) is 13.7. The molecule has 29 heavy (non-hydrogen) atoms. The topological polar surface area (TPSA) is 154 Å². The Morgan fingerprint density at radius 1 is 0.483 bits per heavy atom. The number of nitrogens with zero attached hydrogens (tertiary/aromatic N) is 4. The van der Waals surface area contributed by atoms with Gasteiger partial charge in [0.25, 0.3) is 0 Å². The molecule has 0 heterocycles. The molecule has 0 saturated heterocycles. The molecule has 0 aliphatic rings. The average Bonchev–Trinajstić information content (AvgIpc) is 2.67. The molecule has 8 N–H and O–H groups in total. The van der Waals surface area contributed by atoms with Crippen molar-refractivity contribution in [3.05, 3.63) is 57.5 Å². The number of nitrogen functional groups attached to an aromatic ring is 4. The minimum atomic E-state index is 0.321. The highest BCUT2D eigenvalue weighted by Gasteiger charge is 2.07. The van der Waals surface area contributed by atoms with Gasteiger partial charge < -0.3 is 22.9 Å². The van der Waals surface area contributed by atoms with Crippen molar-refractivity contribution in [2.45, 2.75) is 0 Å². The van der Waals surface area contributed by atoms with Crippen LogP contribution in [0.4, 0.5) is 45.5 Å². The van der Waals surface area contributed by atoms with Crippen LogP contribution in [0.1, 0.15) is 0 Å². The summed E-state index contributed by atoms with van der Waals surface area (Å²) >= 11 is 18.2. The van der Waals surface area contributed by atoms with Crippen LogP contribution in [0, 0.1) is 0 Å². The Labute approximate surface area is 181 Å². The number of rotatable bonds is 4. The molecule has 8 nitrogen and oxygen atoms in total. The normalized spacial score (nSPS) is 11.6. The lowest BCUT2D eigenvalue weighted by Gasteiger charge is -2.04. The van der Waals surface area contributed by atoms with Crippen molar-refractivity contribution < 1.29 is 0 Å². The maximum Gasteiger partial charge on any atom is 0.110 e. The third-order valence-electron chi connectivity index (χ3n) is 3.76. The van der Waals surface area contributed by atoms with E-state index in [-0.39, 0.29) is 0 Å². The second-order valence-electron chi connectivity index (χ2n) is 5.90. The van der Waals surface area contributed by atoms with Crippen molar-refractivity contribution in [2.24, 2.45) is 20.5 Å². The van der Waals surface area contributed by atoms with Crippen molar-refractivity contribution >= 4 is 80.3 Å². The van der Waals surface area contributed by atoms with Gasteiger partial charge in [0, 0.05) is 0 Å². The molecule has 0 unspecified atom stereocenters. The summed E-state index contributed by atoms with van der Waals surface area (Å²) in [5.41, 5.74) is 26.1. The number of hydrogen-bond acceptors (Lipinski definition) is 8. The third-order valence-corrected chi connectivity index (χ3v) is 4.73. The van der Waals surface area contributed by atoms with Gasteiger partial charge >= 0.3 is 0 Å². The summed E-state index contributed by atoms with van der Waals surface area (Å²) in [6.45, 7) is 0. The minimum absolute atomic E-state index is 0.321. The lowest BCUT2D eigenvalue weighted by molar-refractivity contribution is 1.21. The second-order valence-corrected chi connectivity index (χ2v) is 7.12. The molecule has 0 amide bonds. The van der Waals surface area contributed by atoms with Crippen LogP contribution < -0.4 is 22.9 Å². The van der Waals surface area contributed by atoms with Crippen LogP contribution in [0.2, 0.25) is 15.1 Å². The van der Waals surface area contributed by atoms with Gasteiger partial charge in [-0.2, -0.15) is 5.11 Å². The predicted octanol–water partition coefficient (Wildman–Crippen LogP) is 6.81. The fraction of sp³-hybridized carbons (Fsp3) is 0. The molecule has 0 radical (unpaired) electrons. The molecule has 0 bridgehead atoms. The Hall–Kier alpha value is -3.07. The molecule has 148 valence electrons. The van der Waals surface area contributed by atoms with Crippen molar-refractivity contribution in [3.8, 4) is 0 Å². The summed E-state index contributed by atoms with van der Waals surface area (Å²) in [6.07, 6.45) is 0. The predicted molar refractivity (Wildman–Crippen MR) is 120 cm³/mol. The van der Waals surface area contributed by atoms with E-state index in [1.54, 1.807) is 18.2 Å². The first kappa shape index (κ1) is 20.7. The van der Waals surface area contributed by atoms with Gasteiger partial charge in [0.05, 0.1) is 43.5 Å². The zero-order chi connectivity index (χ0) is 21.1. The maximum atomic E-state index is 6.18. The molecule has 0 aromatic heterocycles. The summed E-state index contributed by atoms with van der Waals surface area (Å²) in [7, 11) is 0. The van der Waals surface area contributed by atoms with Gasteiger partial charge in [0.2, 0.25) is 0 Å². The van der Waals surface area contributed by atoms with Gasteiger partial charge in [-0.3, -0.25) is 0 Å². The van der Waals surface area contributed by atoms with Gasteiger partial charge in [-0.1, -0.05) is 34.8 Å². The van der Waals surface area contributed by atoms with Crippen molar-refractivity contribution in [3.63, 3.8) is 0 Å². The molecule has 3 aromatic carbocycles. The Bertz CT molecular complexity index is 1140. The lowest BCUT2D eigenvalue weighted by Crippen LogP contribution is -1.91. The SMILES string of the molecule is Nc1cc(N)c(N=Nc2ccc(Cl)c(N=Nc3cc(Cl)c(N)cc3N)c2)cc1Cl. The summed E-state index contributed by atoms with van der Waals surface area (Å²) in [5.74, 6) is 0. The van der Waals surface area contributed by atoms with Crippen LogP contribution in [-0.2, 0) is 0 Å². The number of nitrogens with two attached hydrogens (primary N) is 4. The van der Waals surface area contributed by atoms with Crippen LogP contribution >= 0.6 is 34.8 Å². The minimum Gasteiger partial charge on any atom is -0.397 e. The van der Waals surface area contributed by atoms with Crippen LogP contribution in [0.25, 0.3) is 0 Å². The Kier molecular flexibility index (Phi) is 6.07. The molecule has 3 rings (SSSR count). The summed E-state index contributed by atoms with van der Waals surface area (Å²) in [6, 6.07) is 10.9. The molecule has 0 spiro atoms. The van der Waals surface area contributed by atoms with E-state index < -0.39 is 0 Å². The van der Waals surface area contributed by atoms with Crippen molar-refractivity contribution in [1.82, 2.24) is 0 Å². The monoisotopic (exact) mass is 448 g/mol. The fourth-order valence-corrected chi connectivity index (χ4v) is 2.70. The molecular weight excluding hydrogens is 435 g/mol. The average molecular weight is 450 g/mol. The molecule has 0 aliphatic heterocycles. The Morgan fingerprint density at radius 3 is 1.52 bits per heavy atom. The zero-order valence-electron chi connectivity index (χ0n) is 14.8. The largest absolute Gasteiger partial charge is 0.397 e.